The predicted octanol–water partition coefficient (Wildman–Crippen LogP) is 2.44. The van der Waals surface area contributed by atoms with E-state index in [-0.39, 0.29) is 43.7 Å². The first-order valence-electron chi connectivity index (χ1n) is 14.7. The van der Waals surface area contributed by atoms with Gasteiger partial charge in [0.2, 0.25) is 12.5 Å². The molecule has 0 amide bonds. The fourth-order valence-electron chi connectivity index (χ4n) is 5.88. The fraction of sp³-hybridized carbons (Fsp3) is 0.469. The molecule has 3 N–H and O–H groups in total. The van der Waals surface area contributed by atoms with Gasteiger partial charge in [-0.25, -0.2) is 0 Å². The second kappa shape index (κ2) is 14.4. The molecule has 0 radical (unpaired) electrons. The Bertz CT molecular complexity index is 1470. The van der Waals surface area contributed by atoms with Crippen LogP contribution in [0.3, 0.4) is 0 Å². The average Bonchev–Trinajstić information content (AvgIpc) is 3.83. The third kappa shape index (κ3) is 6.81. The van der Waals surface area contributed by atoms with Crippen LogP contribution in [0.4, 0.5) is 0 Å². The molecular weight excluding hydrogens is 720 g/mol. The molecule has 3 aliphatic heterocycles. The quantitative estimate of drug-likeness (QED) is 0.175. The van der Waals surface area contributed by atoms with Crippen LogP contribution in [0.1, 0.15) is 34.0 Å². The van der Waals surface area contributed by atoms with Gasteiger partial charge >= 0.3 is 185 Å². The normalized spacial score (nSPS) is 26.8. The summed E-state index contributed by atoms with van der Waals surface area (Å²) in [6.45, 7) is 2.38. The first-order chi connectivity index (χ1) is 22.3. The monoisotopic (exact) mass is 758 g/mol. The molecule has 4 heterocycles. The number of phenolic OH excluding ortho intramolecular Hbond substituents is 1. The van der Waals surface area contributed by atoms with Crippen LogP contribution in [-0.2, 0) is 34.9 Å². The number of hydrogen-bond acceptors (Lipinski definition) is 13. The minimum atomic E-state index is -1.93. The standard InChI is InChI=1S/C24H26O10Te.C8H10O3/c1-11-18(9-29-23(32-11)19-3-2-4-35-19)33-24(21(25)26)34-20-13-7-17-16(30-10-31-17)6-12(13)5-14-15(20)8-28-22(14)27;1-10-6-4-3-5-7(11-2)8(6)9/h2-4,6-7,11,14-15,18,20-21,23-26H,5,8-10H2,1H3;3-5,9H,1-2H3. The Balaban J connectivity index is 0.000000288. The first-order valence-corrected chi connectivity index (χ1v) is 17.2. The molecule has 1 aromatic heterocycles. The molecule has 0 saturated carbocycles. The van der Waals surface area contributed by atoms with Crippen molar-refractivity contribution in [1.82, 2.24) is 0 Å². The van der Waals surface area contributed by atoms with Gasteiger partial charge in [-0.3, -0.25) is 4.79 Å². The van der Waals surface area contributed by atoms with Gasteiger partial charge in [0.05, 0.1) is 14.2 Å². The van der Waals surface area contributed by atoms with Gasteiger partial charge in [0.25, 0.3) is 0 Å². The van der Waals surface area contributed by atoms with Crippen LogP contribution in [-0.4, -0.2) is 101 Å². The molecule has 3 aromatic rings. The summed E-state index contributed by atoms with van der Waals surface area (Å²) in [5.74, 6) is 1.08. The molecule has 1 aliphatic carbocycles. The van der Waals surface area contributed by atoms with Gasteiger partial charge in [-0.1, -0.05) is 6.07 Å². The van der Waals surface area contributed by atoms with Crippen LogP contribution in [0.15, 0.2) is 46.5 Å². The molecule has 14 heteroatoms. The number of ether oxygens (including phenoxy) is 9. The summed E-state index contributed by atoms with van der Waals surface area (Å²) in [5.41, 5.74) is 1.66. The second-order valence-corrected chi connectivity index (χ2v) is 13.8. The van der Waals surface area contributed by atoms with E-state index in [4.69, 9.17) is 42.6 Å². The summed E-state index contributed by atoms with van der Waals surface area (Å²) in [6.07, 6.45) is -4.86. The summed E-state index contributed by atoms with van der Waals surface area (Å²) < 4.78 is 53.5. The number of fused-ring (bicyclic) bond motifs is 3. The number of hydrogen-bond donors (Lipinski definition) is 3. The molecule has 0 spiro atoms. The molecule has 13 nitrogen and oxygen atoms in total. The van der Waals surface area contributed by atoms with Gasteiger partial charge in [-0.05, 0) is 12.1 Å². The molecule has 2 aromatic carbocycles. The van der Waals surface area contributed by atoms with Gasteiger partial charge < -0.3 is 24.1 Å². The van der Waals surface area contributed by atoms with Crippen molar-refractivity contribution < 1.29 is 62.7 Å². The van der Waals surface area contributed by atoms with E-state index in [9.17, 15) is 20.1 Å². The molecule has 7 unspecified atom stereocenters. The number of carbonyl (C=O) groups is 1. The molecule has 2 saturated heterocycles. The van der Waals surface area contributed by atoms with Crippen molar-refractivity contribution in [3.8, 4) is 28.7 Å². The van der Waals surface area contributed by atoms with Gasteiger partial charge in [-0.2, -0.15) is 0 Å². The summed E-state index contributed by atoms with van der Waals surface area (Å²) in [7, 11) is 2.99. The van der Waals surface area contributed by atoms with E-state index in [1.807, 2.05) is 31.2 Å². The van der Waals surface area contributed by atoms with Crippen molar-refractivity contribution in [2.75, 3.05) is 34.2 Å². The van der Waals surface area contributed by atoms with Gasteiger partial charge in [0.1, 0.15) is 0 Å². The molecule has 2 fully saturated rings. The van der Waals surface area contributed by atoms with Crippen molar-refractivity contribution in [1.29, 1.82) is 0 Å². The molecule has 7 rings (SSSR count). The zero-order valence-electron chi connectivity index (χ0n) is 25.4. The number of benzene rings is 2. The summed E-state index contributed by atoms with van der Waals surface area (Å²) >= 11 is -0.416. The number of aromatic hydroxyl groups is 1. The molecule has 248 valence electrons. The number of methoxy groups -OCH3 is 2. The maximum absolute atomic E-state index is 12.4. The minimum Gasteiger partial charge on any atom is -0.502 e. The van der Waals surface area contributed by atoms with Crippen LogP contribution < -0.4 is 18.9 Å². The van der Waals surface area contributed by atoms with E-state index in [1.54, 1.807) is 18.2 Å². The van der Waals surface area contributed by atoms with Crippen molar-refractivity contribution >= 4 is 26.4 Å². The first kappa shape index (κ1) is 32.9. The number of aliphatic hydroxyl groups is 2. The number of rotatable bonds is 8. The Morgan fingerprint density at radius 1 is 0.957 bits per heavy atom. The van der Waals surface area contributed by atoms with Crippen molar-refractivity contribution in [3.05, 3.63) is 61.3 Å². The second-order valence-electron chi connectivity index (χ2n) is 11.1. The molecule has 46 heavy (non-hydrogen) atoms. The maximum atomic E-state index is 12.4. The zero-order valence-corrected chi connectivity index (χ0v) is 27.7. The summed E-state index contributed by atoms with van der Waals surface area (Å²) in [4.78, 5) is 12.4. The SMILES string of the molecule is CC1OC(c2ccc[te]2)OCC1OC(OC1c2cc3c(cc2CC2C(=O)OCC21)OCO3)C(O)O.COc1cccc(OC)c1O. The topological polar surface area (TPSA) is 161 Å². The summed E-state index contributed by atoms with van der Waals surface area (Å²) in [5, 5.41) is 29.6. The van der Waals surface area contributed by atoms with Crippen LogP contribution >= 0.6 is 0 Å². The zero-order chi connectivity index (χ0) is 32.4. The molecule has 4 aliphatic rings. The number of para-hydroxylation sites is 1. The van der Waals surface area contributed by atoms with Crippen molar-refractivity contribution in [3.63, 3.8) is 0 Å². The van der Waals surface area contributed by atoms with E-state index in [2.05, 4.69) is 4.08 Å². The fourth-order valence-corrected chi connectivity index (χ4v) is 7.89. The summed E-state index contributed by atoms with van der Waals surface area (Å²) in [6, 6.07) is 12.8. The Morgan fingerprint density at radius 3 is 2.35 bits per heavy atom. The minimum absolute atomic E-state index is 0.0394. The molecule has 0 bridgehead atoms. The number of carbonyl (C=O) groups excluding carboxylic acids is 1. The van der Waals surface area contributed by atoms with Crippen LogP contribution in [0.25, 0.3) is 0 Å². The average molecular weight is 756 g/mol. The predicted molar refractivity (Wildman–Crippen MR) is 159 cm³/mol. The molecular formula is C32H36O13Te. The van der Waals surface area contributed by atoms with Gasteiger partial charge in [-0.15, -0.1) is 0 Å². The third-order valence-corrected chi connectivity index (χ3v) is 10.8. The number of cyclic esters (lactones) is 1. The van der Waals surface area contributed by atoms with Crippen molar-refractivity contribution in [2.24, 2.45) is 11.8 Å². The third-order valence-electron chi connectivity index (χ3n) is 8.29. The van der Waals surface area contributed by atoms with Gasteiger partial charge in [0, 0.05) is 0 Å². The Kier molecular flexibility index (Phi) is 10.3. The van der Waals surface area contributed by atoms with Gasteiger partial charge in [0.15, 0.2) is 17.2 Å². The Hall–Kier alpha value is -3.06. The van der Waals surface area contributed by atoms with E-state index in [1.165, 1.54) is 14.2 Å². The van der Waals surface area contributed by atoms with Crippen LogP contribution in [0, 0.1) is 11.8 Å². The Morgan fingerprint density at radius 2 is 1.70 bits per heavy atom. The smallest absolute Gasteiger partial charge is 0.200 e. The van der Waals surface area contributed by atoms with E-state index >= 15 is 0 Å². The number of esters is 1. The van der Waals surface area contributed by atoms with Crippen LogP contribution in [0.5, 0.6) is 28.7 Å². The number of phenols is 1. The van der Waals surface area contributed by atoms with Crippen LogP contribution in [0.2, 0.25) is 0 Å². The molecule has 7 atom stereocenters. The number of aliphatic hydroxyl groups excluding tert-OH is 1. The van der Waals surface area contributed by atoms with Crippen molar-refractivity contribution in [2.45, 2.75) is 50.5 Å². The van der Waals surface area contributed by atoms with E-state index < -0.39 is 57.4 Å². The Labute approximate surface area is 275 Å². The van der Waals surface area contributed by atoms with E-state index in [0.29, 0.717) is 29.4 Å². The maximum Gasteiger partial charge on any atom is 0.200 e. The van der Waals surface area contributed by atoms with E-state index in [0.717, 1.165) is 14.7 Å². The largest absolute Gasteiger partial charge is 0.502 e.